The Bertz CT molecular complexity index is 691. The molecule has 3 heterocycles. The molecule has 2 saturated heterocycles. The van der Waals surface area contributed by atoms with Crippen LogP contribution in [0.2, 0.25) is 0 Å². The van der Waals surface area contributed by atoms with Crippen molar-refractivity contribution < 1.29 is 14.7 Å². The van der Waals surface area contributed by atoms with Gasteiger partial charge in [-0.1, -0.05) is 0 Å². The first-order chi connectivity index (χ1) is 13.3. The summed E-state index contributed by atoms with van der Waals surface area (Å²) in [6, 6.07) is 0. The minimum atomic E-state index is -0.769. The maximum absolute atomic E-state index is 12.8. The monoisotopic (exact) mass is 391 g/mol. The number of aryl methyl sites for hydroxylation is 2. The Labute approximate surface area is 166 Å². The van der Waals surface area contributed by atoms with Crippen LogP contribution in [0.1, 0.15) is 43.1 Å². The van der Waals surface area contributed by atoms with Gasteiger partial charge in [-0.25, -0.2) is 0 Å². The molecule has 0 aliphatic carbocycles. The summed E-state index contributed by atoms with van der Waals surface area (Å²) in [6.45, 7) is 10.4. The smallest absolute Gasteiger partial charge is 0.227 e. The van der Waals surface area contributed by atoms with E-state index >= 15 is 0 Å². The minimum Gasteiger partial charge on any atom is -0.388 e. The summed E-state index contributed by atoms with van der Waals surface area (Å²) >= 11 is 0. The van der Waals surface area contributed by atoms with E-state index in [1.54, 1.807) is 6.92 Å². The Morgan fingerprint density at radius 1 is 1.07 bits per heavy atom. The Morgan fingerprint density at radius 2 is 1.79 bits per heavy atom. The van der Waals surface area contributed by atoms with Crippen molar-refractivity contribution in [1.29, 1.82) is 0 Å². The molecule has 0 unspecified atom stereocenters. The van der Waals surface area contributed by atoms with E-state index in [4.69, 9.17) is 0 Å². The van der Waals surface area contributed by atoms with E-state index in [1.165, 1.54) is 0 Å². The molecule has 1 aromatic rings. The minimum absolute atomic E-state index is 0.104. The van der Waals surface area contributed by atoms with Crippen molar-refractivity contribution in [1.82, 2.24) is 24.9 Å². The third-order valence-electron chi connectivity index (χ3n) is 6.21. The van der Waals surface area contributed by atoms with Gasteiger partial charge in [-0.05, 0) is 33.1 Å². The second-order valence-corrected chi connectivity index (χ2v) is 8.33. The quantitative estimate of drug-likeness (QED) is 0.779. The largest absolute Gasteiger partial charge is 0.388 e. The number of rotatable bonds is 4. The van der Waals surface area contributed by atoms with Gasteiger partial charge in [-0.2, -0.15) is 5.10 Å². The lowest BCUT2D eigenvalue weighted by Crippen LogP contribution is -2.53. The van der Waals surface area contributed by atoms with E-state index < -0.39 is 5.60 Å². The van der Waals surface area contributed by atoms with Gasteiger partial charge in [-0.3, -0.25) is 19.6 Å². The molecule has 156 valence electrons. The highest BCUT2D eigenvalue weighted by molar-refractivity contribution is 5.79. The van der Waals surface area contributed by atoms with Crippen molar-refractivity contribution in [2.75, 3.05) is 45.8 Å². The van der Waals surface area contributed by atoms with Gasteiger partial charge in [0.25, 0.3) is 0 Å². The molecule has 2 fully saturated rings. The van der Waals surface area contributed by atoms with Crippen LogP contribution in [0.15, 0.2) is 0 Å². The van der Waals surface area contributed by atoms with Crippen molar-refractivity contribution >= 4 is 11.8 Å². The predicted octanol–water partition coefficient (Wildman–Crippen LogP) is 0.477. The maximum atomic E-state index is 12.8. The van der Waals surface area contributed by atoms with Gasteiger partial charge in [0.1, 0.15) is 0 Å². The van der Waals surface area contributed by atoms with Crippen molar-refractivity contribution in [2.45, 2.75) is 52.1 Å². The number of H-pyrrole nitrogens is 1. The highest BCUT2D eigenvalue weighted by Crippen LogP contribution is 2.25. The van der Waals surface area contributed by atoms with E-state index in [0.29, 0.717) is 38.9 Å². The molecule has 1 atom stereocenters. The van der Waals surface area contributed by atoms with Crippen LogP contribution in [0.5, 0.6) is 0 Å². The van der Waals surface area contributed by atoms with E-state index in [-0.39, 0.29) is 11.8 Å². The number of β-amino-alcohol motifs (C(OH)–C–C–N with tert-alkyl or cyclic N) is 1. The number of carbonyl (C=O) groups is 2. The number of nitrogens with one attached hydrogen (secondary N) is 1. The lowest BCUT2D eigenvalue weighted by atomic mass is 9.94. The topological polar surface area (TPSA) is 92.8 Å². The second-order valence-electron chi connectivity index (χ2n) is 8.33. The Kier molecular flexibility index (Phi) is 6.40. The number of likely N-dealkylation sites (tertiary alicyclic amines) is 1. The van der Waals surface area contributed by atoms with Crippen molar-refractivity contribution in [3.8, 4) is 0 Å². The summed E-state index contributed by atoms with van der Waals surface area (Å²) in [7, 11) is 0. The molecule has 8 nitrogen and oxygen atoms in total. The fourth-order valence-electron chi connectivity index (χ4n) is 4.32. The normalized spacial score (nSPS) is 24.3. The van der Waals surface area contributed by atoms with Crippen LogP contribution in [0, 0.1) is 13.8 Å². The van der Waals surface area contributed by atoms with Crippen LogP contribution in [0.25, 0.3) is 0 Å². The van der Waals surface area contributed by atoms with Crippen LogP contribution >= 0.6 is 0 Å². The molecule has 1 aromatic heterocycles. The standard InChI is InChI=1S/C20H33N5O3/c1-15-18(16(2)22-21-15)13-19(27)25-7-4-5-20(28,6-8-25)14-23-9-11-24(12-10-23)17(3)26/h28H,4-14H2,1-3H3,(H,21,22)/t20-/m0/s1. The van der Waals surface area contributed by atoms with Gasteiger partial charge in [-0.15, -0.1) is 0 Å². The summed E-state index contributed by atoms with van der Waals surface area (Å²) < 4.78 is 0. The van der Waals surface area contributed by atoms with Crippen molar-refractivity contribution in [3.63, 3.8) is 0 Å². The van der Waals surface area contributed by atoms with Crippen LogP contribution in [0.4, 0.5) is 0 Å². The third kappa shape index (κ3) is 4.91. The summed E-state index contributed by atoms with van der Waals surface area (Å²) in [6.07, 6.45) is 2.46. The summed E-state index contributed by atoms with van der Waals surface area (Å²) in [5, 5.41) is 18.3. The molecular weight excluding hydrogens is 358 g/mol. The third-order valence-corrected chi connectivity index (χ3v) is 6.21. The second kappa shape index (κ2) is 8.61. The summed E-state index contributed by atoms with van der Waals surface area (Å²) in [5.74, 6) is 0.219. The first kappa shape index (κ1) is 20.8. The van der Waals surface area contributed by atoms with E-state index in [0.717, 1.165) is 49.6 Å². The summed E-state index contributed by atoms with van der Waals surface area (Å²) in [5.41, 5.74) is 2.03. The van der Waals surface area contributed by atoms with Gasteiger partial charge in [0.15, 0.2) is 0 Å². The number of amides is 2. The van der Waals surface area contributed by atoms with E-state index in [1.807, 2.05) is 23.6 Å². The fourth-order valence-corrected chi connectivity index (χ4v) is 4.32. The fraction of sp³-hybridized carbons (Fsp3) is 0.750. The van der Waals surface area contributed by atoms with Gasteiger partial charge in [0.2, 0.25) is 11.8 Å². The van der Waals surface area contributed by atoms with Gasteiger partial charge >= 0.3 is 0 Å². The van der Waals surface area contributed by atoms with Crippen LogP contribution in [0.3, 0.4) is 0 Å². The number of hydrogen-bond acceptors (Lipinski definition) is 5. The molecule has 2 aliphatic rings. The molecule has 2 aliphatic heterocycles. The Morgan fingerprint density at radius 3 is 2.39 bits per heavy atom. The number of piperazine rings is 1. The molecule has 0 spiro atoms. The molecule has 0 aromatic carbocycles. The van der Waals surface area contributed by atoms with Crippen molar-refractivity contribution in [3.05, 3.63) is 17.0 Å². The lowest BCUT2D eigenvalue weighted by molar-refractivity contribution is -0.131. The first-order valence-electron chi connectivity index (χ1n) is 10.3. The number of aliphatic hydroxyl groups is 1. The zero-order chi connectivity index (χ0) is 20.3. The molecular formula is C20H33N5O3. The van der Waals surface area contributed by atoms with Crippen LogP contribution < -0.4 is 0 Å². The zero-order valence-corrected chi connectivity index (χ0v) is 17.3. The highest BCUT2D eigenvalue weighted by atomic mass is 16.3. The zero-order valence-electron chi connectivity index (χ0n) is 17.3. The molecule has 2 amide bonds. The first-order valence-corrected chi connectivity index (χ1v) is 10.3. The van der Waals surface area contributed by atoms with Crippen LogP contribution in [-0.4, -0.2) is 93.2 Å². The highest BCUT2D eigenvalue weighted by Gasteiger charge is 2.34. The molecule has 0 saturated carbocycles. The summed E-state index contributed by atoms with van der Waals surface area (Å²) in [4.78, 5) is 30.2. The number of carbonyl (C=O) groups excluding carboxylic acids is 2. The molecule has 2 N–H and O–H groups in total. The SMILES string of the molecule is CC(=O)N1CCN(C[C@]2(O)CCCN(C(=O)Cc3c(C)n[nH]c3C)CC2)CC1. The molecule has 0 radical (unpaired) electrons. The average molecular weight is 392 g/mol. The van der Waals surface area contributed by atoms with E-state index in [9.17, 15) is 14.7 Å². The Hall–Kier alpha value is -1.93. The molecule has 28 heavy (non-hydrogen) atoms. The molecule has 8 heteroatoms. The van der Waals surface area contributed by atoms with Crippen molar-refractivity contribution in [2.24, 2.45) is 0 Å². The predicted molar refractivity (Wildman–Crippen MR) is 106 cm³/mol. The number of aromatic amines is 1. The number of aromatic nitrogens is 2. The number of nitrogens with zero attached hydrogens (tertiary/aromatic N) is 4. The molecule has 0 bridgehead atoms. The van der Waals surface area contributed by atoms with Crippen LogP contribution in [-0.2, 0) is 16.0 Å². The number of hydrogen-bond donors (Lipinski definition) is 2. The van der Waals surface area contributed by atoms with Gasteiger partial charge in [0.05, 0.1) is 17.7 Å². The van der Waals surface area contributed by atoms with Gasteiger partial charge in [0, 0.05) is 64.0 Å². The Balaban J connectivity index is 1.52. The van der Waals surface area contributed by atoms with Gasteiger partial charge < -0.3 is 14.9 Å². The maximum Gasteiger partial charge on any atom is 0.227 e. The lowest BCUT2D eigenvalue weighted by Gasteiger charge is -2.39. The average Bonchev–Trinajstić information content (AvgIpc) is 2.85. The molecule has 3 rings (SSSR count). The van der Waals surface area contributed by atoms with E-state index in [2.05, 4.69) is 15.1 Å².